The zero-order valence-electron chi connectivity index (χ0n) is 9.64. The summed E-state index contributed by atoms with van der Waals surface area (Å²) in [6, 6.07) is 8.69. The summed E-state index contributed by atoms with van der Waals surface area (Å²) < 4.78 is 5.18. The molecule has 2 rings (SSSR count). The number of rotatable bonds is 4. The normalized spacial score (nSPS) is 15.8. The number of carbonyl (C=O) groups is 1. The largest absolute Gasteiger partial charge is 0.496 e. The first kappa shape index (κ1) is 11.5. The molecule has 4 heteroatoms. The topological polar surface area (TPSA) is 62.1 Å². The second kappa shape index (κ2) is 4.88. The van der Waals surface area contributed by atoms with Crippen molar-refractivity contribution in [3.05, 3.63) is 29.8 Å². The molecular weight excluding hydrogens is 216 g/mol. The van der Waals surface area contributed by atoms with Gasteiger partial charge in [0.1, 0.15) is 11.8 Å². The molecule has 88 valence electrons. The number of nitrogens with one attached hydrogen (secondary N) is 1. The predicted molar refractivity (Wildman–Crippen MR) is 62.2 cm³/mol. The number of hydrogen-bond acceptors (Lipinski definition) is 3. The van der Waals surface area contributed by atoms with Crippen molar-refractivity contribution in [3.63, 3.8) is 0 Å². The Balaban J connectivity index is 2.16. The molecule has 17 heavy (non-hydrogen) atoms. The molecule has 1 aliphatic carbocycles. The Morgan fingerprint density at radius 1 is 1.53 bits per heavy atom. The number of para-hydroxylation sites is 1. The predicted octanol–water partition coefficient (Wildman–Crippen LogP) is 1.79. The molecule has 1 fully saturated rings. The van der Waals surface area contributed by atoms with Crippen LogP contribution in [0, 0.1) is 17.2 Å². The molecule has 1 unspecified atom stereocenters. The first-order chi connectivity index (χ1) is 8.26. The van der Waals surface area contributed by atoms with Crippen LogP contribution in [-0.4, -0.2) is 13.0 Å². The molecule has 0 bridgehead atoms. The van der Waals surface area contributed by atoms with Crippen LogP contribution in [0.1, 0.15) is 24.4 Å². The summed E-state index contributed by atoms with van der Waals surface area (Å²) in [4.78, 5) is 11.6. The summed E-state index contributed by atoms with van der Waals surface area (Å²) in [7, 11) is 1.55. The molecule has 1 aromatic rings. The van der Waals surface area contributed by atoms with Gasteiger partial charge in [-0.2, -0.15) is 5.26 Å². The van der Waals surface area contributed by atoms with E-state index in [0.29, 0.717) is 11.3 Å². The molecule has 0 saturated heterocycles. The summed E-state index contributed by atoms with van der Waals surface area (Å²) in [5, 5.41) is 11.9. The molecule has 1 amide bonds. The molecule has 1 atom stereocenters. The van der Waals surface area contributed by atoms with Crippen LogP contribution in [0.2, 0.25) is 0 Å². The molecule has 0 aliphatic heterocycles. The number of nitriles is 1. The van der Waals surface area contributed by atoms with Crippen LogP contribution >= 0.6 is 0 Å². The molecule has 0 spiro atoms. The average Bonchev–Trinajstić information content (AvgIpc) is 3.20. The summed E-state index contributed by atoms with van der Waals surface area (Å²) in [5.74, 6) is 0.679. The molecule has 1 aromatic carbocycles. The Morgan fingerprint density at radius 3 is 2.82 bits per heavy atom. The summed E-state index contributed by atoms with van der Waals surface area (Å²) in [6.45, 7) is 0. The monoisotopic (exact) mass is 230 g/mol. The number of methoxy groups -OCH3 is 1. The van der Waals surface area contributed by atoms with E-state index in [2.05, 4.69) is 11.4 Å². The number of hydrogen-bond donors (Lipinski definition) is 1. The molecule has 1 aliphatic rings. The lowest BCUT2D eigenvalue weighted by Gasteiger charge is -2.14. The highest BCUT2D eigenvalue weighted by Crippen LogP contribution is 2.31. The summed E-state index contributed by atoms with van der Waals surface area (Å²) in [6.07, 6.45) is 1.85. The van der Waals surface area contributed by atoms with E-state index in [4.69, 9.17) is 10.00 Å². The third-order valence-corrected chi connectivity index (χ3v) is 2.81. The van der Waals surface area contributed by atoms with Gasteiger partial charge >= 0.3 is 0 Å². The minimum Gasteiger partial charge on any atom is -0.496 e. The van der Waals surface area contributed by atoms with Gasteiger partial charge in [-0.3, -0.25) is 4.79 Å². The zero-order chi connectivity index (χ0) is 12.3. The highest BCUT2D eigenvalue weighted by Gasteiger charge is 2.31. The molecule has 0 radical (unpaired) electrons. The van der Waals surface area contributed by atoms with Crippen molar-refractivity contribution in [2.24, 2.45) is 5.92 Å². The standard InChI is InChI=1S/C13H14N2O2/c1-17-12-5-3-2-4-10(12)11(8-14)15-13(16)9-6-7-9/h2-5,9,11H,6-7H2,1H3,(H,15,16). The van der Waals surface area contributed by atoms with Crippen LogP contribution in [0.5, 0.6) is 5.75 Å². The quantitative estimate of drug-likeness (QED) is 0.857. The van der Waals surface area contributed by atoms with Crippen LogP contribution in [-0.2, 0) is 4.79 Å². The van der Waals surface area contributed by atoms with Gasteiger partial charge in [0.2, 0.25) is 5.91 Å². The van der Waals surface area contributed by atoms with Gasteiger partial charge in [-0.05, 0) is 18.9 Å². The van der Waals surface area contributed by atoms with Gasteiger partial charge in [-0.25, -0.2) is 0 Å². The first-order valence-corrected chi connectivity index (χ1v) is 5.59. The van der Waals surface area contributed by atoms with Crippen LogP contribution in [0.15, 0.2) is 24.3 Å². The van der Waals surface area contributed by atoms with E-state index >= 15 is 0 Å². The van der Waals surface area contributed by atoms with E-state index in [1.807, 2.05) is 12.1 Å². The van der Waals surface area contributed by atoms with Gasteiger partial charge in [0.25, 0.3) is 0 Å². The van der Waals surface area contributed by atoms with Crippen molar-refractivity contribution >= 4 is 5.91 Å². The summed E-state index contributed by atoms with van der Waals surface area (Å²) in [5.41, 5.74) is 0.700. The van der Waals surface area contributed by atoms with Crippen molar-refractivity contribution in [2.75, 3.05) is 7.11 Å². The van der Waals surface area contributed by atoms with Crippen molar-refractivity contribution in [1.82, 2.24) is 5.32 Å². The van der Waals surface area contributed by atoms with E-state index in [9.17, 15) is 4.79 Å². The SMILES string of the molecule is COc1ccccc1C(C#N)NC(=O)C1CC1. The van der Waals surface area contributed by atoms with Gasteiger partial charge in [0.15, 0.2) is 0 Å². The number of carbonyl (C=O) groups excluding carboxylic acids is 1. The Bertz CT molecular complexity index is 461. The van der Waals surface area contributed by atoms with E-state index in [0.717, 1.165) is 12.8 Å². The van der Waals surface area contributed by atoms with Crippen LogP contribution in [0.4, 0.5) is 0 Å². The lowest BCUT2D eigenvalue weighted by Crippen LogP contribution is -2.29. The Hall–Kier alpha value is -2.02. The maximum atomic E-state index is 11.6. The third-order valence-electron chi connectivity index (χ3n) is 2.81. The average molecular weight is 230 g/mol. The number of ether oxygens (including phenoxy) is 1. The molecular formula is C13H14N2O2. The Labute approximate surface area is 100 Å². The minimum atomic E-state index is -0.640. The van der Waals surface area contributed by atoms with Crippen LogP contribution in [0.25, 0.3) is 0 Å². The van der Waals surface area contributed by atoms with Crippen molar-refractivity contribution in [1.29, 1.82) is 5.26 Å². The maximum Gasteiger partial charge on any atom is 0.224 e. The van der Waals surface area contributed by atoms with Gasteiger partial charge in [-0.15, -0.1) is 0 Å². The fraction of sp³-hybridized carbons (Fsp3) is 0.385. The molecule has 0 aromatic heterocycles. The fourth-order valence-electron chi connectivity index (χ4n) is 1.69. The molecule has 1 N–H and O–H groups in total. The van der Waals surface area contributed by atoms with E-state index in [1.54, 1.807) is 19.2 Å². The van der Waals surface area contributed by atoms with Crippen LogP contribution in [0.3, 0.4) is 0 Å². The number of nitrogens with zero attached hydrogens (tertiary/aromatic N) is 1. The smallest absolute Gasteiger partial charge is 0.224 e. The first-order valence-electron chi connectivity index (χ1n) is 5.59. The second-order valence-corrected chi connectivity index (χ2v) is 4.09. The lowest BCUT2D eigenvalue weighted by molar-refractivity contribution is -0.122. The van der Waals surface area contributed by atoms with E-state index < -0.39 is 6.04 Å². The second-order valence-electron chi connectivity index (χ2n) is 4.09. The molecule has 1 saturated carbocycles. The highest BCUT2D eigenvalue weighted by molar-refractivity contribution is 5.81. The fourth-order valence-corrected chi connectivity index (χ4v) is 1.69. The lowest BCUT2D eigenvalue weighted by atomic mass is 10.1. The summed E-state index contributed by atoms with van der Waals surface area (Å²) >= 11 is 0. The molecule has 0 heterocycles. The third kappa shape index (κ3) is 2.56. The highest BCUT2D eigenvalue weighted by atomic mass is 16.5. The molecule has 4 nitrogen and oxygen atoms in total. The van der Waals surface area contributed by atoms with Gasteiger partial charge in [-0.1, -0.05) is 18.2 Å². The minimum absolute atomic E-state index is 0.0394. The van der Waals surface area contributed by atoms with Crippen molar-refractivity contribution in [2.45, 2.75) is 18.9 Å². The number of benzene rings is 1. The van der Waals surface area contributed by atoms with Gasteiger partial charge < -0.3 is 10.1 Å². The van der Waals surface area contributed by atoms with Gasteiger partial charge in [0.05, 0.1) is 13.2 Å². The van der Waals surface area contributed by atoms with Gasteiger partial charge in [0, 0.05) is 11.5 Å². The van der Waals surface area contributed by atoms with Crippen LogP contribution < -0.4 is 10.1 Å². The Kier molecular flexibility index (Phi) is 3.29. The van der Waals surface area contributed by atoms with E-state index in [-0.39, 0.29) is 11.8 Å². The Morgan fingerprint density at radius 2 is 2.24 bits per heavy atom. The zero-order valence-corrected chi connectivity index (χ0v) is 9.64. The number of amides is 1. The van der Waals surface area contributed by atoms with Crippen molar-refractivity contribution in [3.8, 4) is 11.8 Å². The van der Waals surface area contributed by atoms with Crippen molar-refractivity contribution < 1.29 is 9.53 Å². The van der Waals surface area contributed by atoms with E-state index in [1.165, 1.54) is 0 Å². The maximum absolute atomic E-state index is 11.6.